The quantitative estimate of drug-likeness (QED) is 0.769. The molecule has 6 heteroatoms. The van der Waals surface area contributed by atoms with Crippen LogP contribution in [0.4, 0.5) is 0 Å². The Morgan fingerprint density at radius 2 is 1.92 bits per heavy atom. The van der Waals surface area contributed by atoms with E-state index in [4.69, 9.17) is 30.5 Å². The lowest BCUT2D eigenvalue weighted by Crippen LogP contribution is -2.50. The molecule has 0 saturated heterocycles. The summed E-state index contributed by atoms with van der Waals surface area (Å²) in [5.74, 6) is 1.32. The highest BCUT2D eigenvalue weighted by atomic mass is 35.5. The van der Waals surface area contributed by atoms with E-state index in [1.807, 2.05) is 13.8 Å². The Morgan fingerprint density at radius 3 is 2.58 bits per heavy atom. The maximum Gasteiger partial charge on any atom is 0.231 e. The molecule has 3 unspecified atom stereocenters. The van der Waals surface area contributed by atoms with Crippen LogP contribution in [0, 0.1) is 5.92 Å². The smallest absolute Gasteiger partial charge is 0.231 e. The van der Waals surface area contributed by atoms with Crippen LogP contribution in [-0.2, 0) is 4.74 Å². The topological polar surface area (TPSA) is 54.0 Å². The molecule has 0 saturated carbocycles. The molecule has 138 valence electrons. The van der Waals surface area contributed by atoms with Gasteiger partial charge in [-0.05, 0) is 18.9 Å². The molecule has 26 heavy (non-hydrogen) atoms. The van der Waals surface area contributed by atoms with E-state index in [2.05, 4.69) is 6.58 Å². The zero-order valence-electron chi connectivity index (χ0n) is 15.3. The molecule has 0 bridgehead atoms. The number of allylic oxidation sites excluding steroid dienone is 1. The molecule has 4 rings (SSSR count). The normalized spacial score (nSPS) is 29.4. The van der Waals surface area contributed by atoms with Crippen LogP contribution in [-0.4, -0.2) is 31.7 Å². The van der Waals surface area contributed by atoms with Gasteiger partial charge in [-0.15, -0.1) is 0 Å². The maximum absolute atomic E-state index is 13.6. The van der Waals surface area contributed by atoms with Gasteiger partial charge in [-0.1, -0.05) is 25.1 Å². The summed E-state index contributed by atoms with van der Waals surface area (Å²) in [5.41, 5.74) is 1.10. The van der Waals surface area contributed by atoms with Crippen LogP contribution >= 0.6 is 11.6 Å². The number of carbonyl (C=O) groups is 1. The van der Waals surface area contributed by atoms with Crippen LogP contribution in [0.15, 0.2) is 29.6 Å². The van der Waals surface area contributed by atoms with E-state index >= 15 is 0 Å². The minimum absolute atomic E-state index is 0.0223. The van der Waals surface area contributed by atoms with Crippen LogP contribution in [0.1, 0.15) is 37.0 Å². The zero-order chi connectivity index (χ0) is 18.8. The molecule has 0 fully saturated rings. The lowest BCUT2D eigenvalue weighted by molar-refractivity contribution is 0.00491. The van der Waals surface area contributed by atoms with Gasteiger partial charge in [0.05, 0.1) is 20.3 Å². The summed E-state index contributed by atoms with van der Waals surface area (Å²) in [4.78, 5) is 13.6. The van der Waals surface area contributed by atoms with Crippen LogP contribution in [0.2, 0.25) is 5.02 Å². The van der Waals surface area contributed by atoms with E-state index in [1.165, 1.54) is 14.2 Å². The lowest BCUT2D eigenvalue weighted by atomic mass is 9.72. The molecule has 0 amide bonds. The monoisotopic (exact) mass is 376 g/mol. The molecule has 1 aromatic rings. The van der Waals surface area contributed by atoms with E-state index in [1.54, 1.807) is 6.07 Å². The van der Waals surface area contributed by atoms with Crippen molar-refractivity contribution in [1.82, 2.24) is 0 Å². The molecule has 5 nitrogen and oxygen atoms in total. The summed E-state index contributed by atoms with van der Waals surface area (Å²) in [6.07, 6.45) is 1.36. The van der Waals surface area contributed by atoms with E-state index in [0.717, 1.165) is 17.6 Å². The summed E-state index contributed by atoms with van der Waals surface area (Å²) in [5, 5.41) is 0.262. The third kappa shape index (κ3) is 2.01. The van der Waals surface area contributed by atoms with Crippen molar-refractivity contribution in [3.8, 4) is 17.2 Å². The molecule has 0 radical (unpaired) electrons. The Labute approximate surface area is 157 Å². The SMILES string of the molecule is C=C1CC(C)C2(Oc3c(Cl)c(OC)cc(OC)c3C2=O)C2=C1CC(C)O2. The van der Waals surface area contributed by atoms with Gasteiger partial charge in [0.25, 0.3) is 0 Å². The molecule has 1 aliphatic carbocycles. The van der Waals surface area contributed by atoms with E-state index in [9.17, 15) is 4.79 Å². The van der Waals surface area contributed by atoms with E-state index < -0.39 is 5.60 Å². The number of benzene rings is 1. The average Bonchev–Trinajstić information content (AvgIpc) is 3.14. The molecule has 2 aliphatic heterocycles. The van der Waals surface area contributed by atoms with Gasteiger partial charge >= 0.3 is 0 Å². The molecule has 2 heterocycles. The first-order valence-electron chi connectivity index (χ1n) is 8.61. The Morgan fingerprint density at radius 1 is 1.23 bits per heavy atom. The van der Waals surface area contributed by atoms with Crippen LogP contribution < -0.4 is 14.2 Å². The average molecular weight is 377 g/mol. The fraction of sp³-hybridized carbons (Fsp3) is 0.450. The number of carbonyl (C=O) groups excluding carboxylic acids is 1. The van der Waals surface area contributed by atoms with Crippen molar-refractivity contribution in [2.45, 2.75) is 38.4 Å². The molecule has 3 atom stereocenters. The number of fused-ring (bicyclic) bond motifs is 2. The standard InChI is InChI=1S/C20H21ClO5/c1-9-6-10(2)20(19-12(9)7-11(3)25-19)18(22)15-13(23-4)8-14(24-5)16(21)17(15)26-20/h8,10-11H,1,6-7H2,2-5H3. The molecule has 0 aromatic heterocycles. The Hall–Kier alpha value is -2.14. The number of rotatable bonds is 2. The van der Waals surface area contributed by atoms with Gasteiger partial charge < -0.3 is 18.9 Å². The van der Waals surface area contributed by atoms with Gasteiger partial charge in [0.2, 0.25) is 11.4 Å². The molecule has 1 spiro atoms. The van der Waals surface area contributed by atoms with Gasteiger partial charge in [0.15, 0.2) is 11.5 Å². The van der Waals surface area contributed by atoms with Crippen molar-refractivity contribution in [1.29, 1.82) is 0 Å². The summed E-state index contributed by atoms with van der Waals surface area (Å²) in [6.45, 7) is 8.13. The second-order valence-corrected chi connectivity index (χ2v) is 7.49. The summed E-state index contributed by atoms with van der Waals surface area (Å²) in [6, 6.07) is 1.61. The first-order valence-corrected chi connectivity index (χ1v) is 8.99. The number of ether oxygens (including phenoxy) is 4. The third-order valence-corrected chi connectivity index (χ3v) is 5.87. The molecule has 3 aliphatic rings. The van der Waals surface area contributed by atoms with Gasteiger partial charge in [-0.2, -0.15) is 0 Å². The van der Waals surface area contributed by atoms with Crippen molar-refractivity contribution in [3.63, 3.8) is 0 Å². The van der Waals surface area contributed by atoms with Gasteiger partial charge in [0, 0.05) is 24.0 Å². The van der Waals surface area contributed by atoms with Crippen LogP contribution in [0.5, 0.6) is 17.2 Å². The number of methoxy groups -OCH3 is 2. The second-order valence-electron chi connectivity index (χ2n) is 7.12. The first kappa shape index (κ1) is 17.3. The van der Waals surface area contributed by atoms with Crippen molar-refractivity contribution < 1.29 is 23.7 Å². The van der Waals surface area contributed by atoms with Crippen molar-refractivity contribution in [2.75, 3.05) is 14.2 Å². The summed E-state index contributed by atoms with van der Waals surface area (Å²) < 4.78 is 23.1. The molecular weight excluding hydrogens is 356 g/mol. The minimum Gasteiger partial charge on any atom is -0.496 e. The number of hydrogen-bond donors (Lipinski definition) is 0. The highest BCUT2D eigenvalue weighted by Crippen LogP contribution is 2.57. The lowest BCUT2D eigenvalue weighted by Gasteiger charge is -2.38. The van der Waals surface area contributed by atoms with Crippen molar-refractivity contribution >= 4 is 17.4 Å². The number of hydrogen-bond acceptors (Lipinski definition) is 5. The van der Waals surface area contributed by atoms with Gasteiger partial charge in [-0.3, -0.25) is 4.79 Å². The van der Waals surface area contributed by atoms with E-state index in [0.29, 0.717) is 35.0 Å². The number of ketones is 1. The van der Waals surface area contributed by atoms with Crippen LogP contribution in [0.25, 0.3) is 0 Å². The third-order valence-electron chi connectivity index (χ3n) is 5.51. The van der Waals surface area contributed by atoms with Crippen molar-refractivity contribution in [3.05, 3.63) is 40.1 Å². The number of Topliss-reactive ketones (excluding diaryl/α,β-unsaturated/α-hetero) is 1. The predicted octanol–water partition coefficient (Wildman–Crippen LogP) is 4.33. The Bertz CT molecular complexity index is 871. The summed E-state index contributed by atoms with van der Waals surface area (Å²) in [7, 11) is 3.02. The fourth-order valence-electron chi connectivity index (χ4n) is 4.25. The van der Waals surface area contributed by atoms with Gasteiger partial charge in [-0.25, -0.2) is 0 Å². The second kappa shape index (κ2) is 5.68. The van der Waals surface area contributed by atoms with Crippen molar-refractivity contribution in [2.24, 2.45) is 5.92 Å². The van der Waals surface area contributed by atoms with Crippen LogP contribution in [0.3, 0.4) is 0 Å². The highest BCUT2D eigenvalue weighted by Gasteiger charge is 2.62. The molecule has 1 aromatic carbocycles. The number of halogens is 1. The highest BCUT2D eigenvalue weighted by molar-refractivity contribution is 6.35. The van der Waals surface area contributed by atoms with Gasteiger partial charge in [0.1, 0.15) is 22.1 Å². The molecular formula is C20H21ClO5. The predicted molar refractivity (Wildman–Crippen MR) is 97.4 cm³/mol. The largest absolute Gasteiger partial charge is 0.496 e. The molecule has 0 N–H and O–H groups in total. The maximum atomic E-state index is 13.6. The zero-order valence-corrected chi connectivity index (χ0v) is 16.0. The summed E-state index contributed by atoms with van der Waals surface area (Å²) >= 11 is 6.47. The fourth-order valence-corrected chi connectivity index (χ4v) is 4.51. The van der Waals surface area contributed by atoms with E-state index in [-0.39, 0.29) is 22.8 Å². The Kier molecular flexibility index (Phi) is 3.77. The minimum atomic E-state index is -1.23. The first-order chi connectivity index (χ1) is 12.3. The Balaban J connectivity index is 1.96.